The predicted octanol–water partition coefficient (Wildman–Crippen LogP) is 0.561. The molecule has 1 amide bonds. The van der Waals surface area contributed by atoms with Gasteiger partial charge in [0.2, 0.25) is 5.91 Å². The molecule has 1 unspecified atom stereocenters. The fourth-order valence-corrected chi connectivity index (χ4v) is 1.23. The Morgan fingerprint density at radius 3 is 2.56 bits per heavy atom. The molecule has 1 rings (SSSR count). The summed E-state index contributed by atoms with van der Waals surface area (Å²) in [6, 6.07) is -0.319. The van der Waals surface area contributed by atoms with E-state index in [9.17, 15) is 18.0 Å². The number of primary amides is 1. The van der Waals surface area contributed by atoms with Crippen molar-refractivity contribution in [2.75, 3.05) is 13.2 Å². The Morgan fingerprint density at radius 2 is 2.12 bits per heavy atom. The van der Waals surface area contributed by atoms with E-state index in [1.807, 2.05) is 0 Å². The van der Waals surface area contributed by atoms with Crippen LogP contribution in [0.5, 0.6) is 0 Å². The molecule has 1 fully saturated rings. The van der Waals surface area contributed by atoms with Crippen LogP contribution in [0, 0.1) is 0 Å². The summed E-state index contributed by atoms with van der Waals surface area (Å²) in [6.45, 7) is -1.42. The van der Waals surface area contributed by atoms with E-state index in [0.717, 1.165) is 12.8 Å². The summed E-state index contributed by atoms with van der Waals surface area (Å²) in [5.74, 6) is -0.553. The fraction of sp³-hybridized carbons (Fsp3) is 0.889. The van der Waals surface area contributed by atoms with Gasteiger partial charge in [0.05, 0.1) is 6.04 Å². The first-order chi connectivity index (χ1) is 7.38. The fourth-order valence-electron chi connectivity index (χ4n) is 1.23. The number of hydrogen-bond acceptors (Lipinski definition) is 3. The molecule has 0 bridgehead atoms. The summed E-state index contributed by atoms with van der Waals surface area (Å²) in [5.41, 5.74) is 5.10. The summed E-state index contributed by atoms with van der Waals surface area (Å²) >= 11 is 0. The second-order valence-corrected chi connectivity index (χ2v) is 3.85. The Balaban J connectivity index is 2.14. The van der Waals surface area contributed by atoms with Crippen molar-refractivity contribution in [1.82, 2.24) is 5.32 Å². The molecule has 1 aliphatic rings. The number of hydrogen-bond donors (Lipinski definition) is 2. The minimum absolute atomic E-state index is 0.132. The number of amides is 1. The van der Waals surface area contributed by atoms with Crippen molar-refractivity contribution >= 4 is 5.91 Å². The Kier molecular flexibility index (Phi) is 4.55. The third-order valence-corrected chi connectivity index (χ3v) is 2.17. The Morgan fingerprint density at radius 1 is 1.50 bits per heavy atom. The van der Waals surface area contributed by atoms with E-state index in [4.69, 9.17) is 5.73 Å². The molecule has 0 radical (unpaired) electrons. The molecule has 0 heterocycles. The second-order valence-electron chi connectivity index (χ2n) is 3.85. The first-order valence-corrected chi connectivity index (χ1v) is 5.08. The lowest BCUT2D eigenvalue weighted by molar-refractivity contribution is -0.174. The van der Waals surface area contributed by atoms with Crippen molar-refractivity contribution in [2.45, 2.75) is 37.5 Å². The van der Waals surface area contributed by atoms with Crippen molar-refractivity contribution < 1.29 is 22.7 Å². The smallest absolute Gasteiger partial charge is 0.372 e. The molecule has 3 N–H and O–H groups in total. The number of carbonyl (C=O) groups is 1. The molecular formula is C9H15F3N2O2. The lowest BCUT2D eigenvalue weighted by Gasteiger charge is -2.15. The minimum atomic E-state index is -4.33. The predicted molar refractivity (Wildman–Crippen MR) is 50.6 cm³/mol. The molecule has 0 aliphatic heterocycles. The maximum atomic E-state index is 11.7. The van der Waals surface area contributed by atoms with Gasteiger partial charge in [-0.15, -0.1) is 0 Å². The zero-order chi connectivity index (χ0) is 12.2. The summed E-state index contributed by atoms with van der Waals surface area (Å²) in [7, 11) is 0. The van der Waals surface area contributed by atoms with Gasteiger partial charge in [0, 0.05) is 12.6 Å². The van der Waals surface area contributed by atoms with Gasteiger partial charge in [0.15, 0.2) is 0 Å². The van der Waals surface area contributed by atoms with Gasteiger partial charge in [0.1, 0.15) is 6.61 Å². The standard InChI is InChI=1S/C9H15F3N2O2/c10-9(11,12)5-16-4-3-7(8(13)15)14-6-1-2-6/h6-7,14H,1-5H2,(H2,13,15). The number of nitrogens with one attached hydrogen (secondary N) is 1. The van der Waals surface area contributed by atoms with Crippen LogP contribution in [0.2, 0.25) is 0 Å². The Bertz CT molecular complexity index is 241. The van der Waals surface area contributed by atoms with Crippen molar-refractivity contribution in [3.05, 3.63) is 0 Å². The molecule has 0 aromatic heterocycles. The van der Waals surface area contributed by atoms with Crippen LogP contribution in [0.25, 0.3) is 0 Å². The SMILES string of the molecule is NC(=O)C(CCOCC(F)(F)F)NC1CC1. The molecule has 1 aliphatic carbocycles. The molecule has 1 saturated carbocycles. The first-order valence-electron chi connectivity index (χ1n) is 5.08. The molecular weight excluding hydrogens is 225 g/mol. The zero-order valence-electron chi connectivity index (χ0n) is 8.72. The van der Waals surface area contributed by atoms with Crippen molar-refractivity contribution in [3.8, 4) is 0 Å². The second kappa shape index (κ2) is 5.49. The summed E-state index contributed by atoms with van der Waals surface area (Å²) in [6.07, 6.45) is -2.20. The van der Waals surface area contributed by atoms with Crippen molar-refractivity contribution in [1.29, 1.82) is 0 Å². The molecule has 1 atom stereocenters. The van der Waals surface area contributed by atoms with E-state index < -0.39 is 24.7 Å². The van der Waals surface area contributed by atoms with Crippen LogP contribution >= 0.6 is 0 Å². The highest BCUT2D eigenvalue weighted by Gasteiger charge is 2.29. The number of ether oxygens (including phenoxy) is 1. The third-order valence-electron chi connectivity index (χ3n) is 2.17. The van der Waals surface area contributed by atoms with Crippen molar-refractivity contribution in [3.63, 3.8) is 0 Å². The highest BCUT2D eigenvalue weighted by atomic mass is 19.4. The van der Waals surface area contributed by atoms with Crippen LogP contribution in [0.15, 0.2) is 0 Å². The van der Waals surface area contributed by atoms with E-state index in [1.54, 1.807) is 0 Å². The van der Waals surface area contributed by atoms with Crippen LogP contribution in [0.3, 0.4) is 0 Å². The van der Waals surface area contributed by atoms with Gasteiger partial charge in [-0.2, -0.15) is 13.2 Å². The Labute approximate surface area is 91.3 Å². The molecule has 16 heavy (non-hydrogen) atoms. The quantitative estimate of drug-likeness (QED) is 0.639. The highest BCUT2D eigenvalue weighted by molar-refractivity contribution is 5.79. The van der Waals surface area contributed by atoms with Gasteiger partial charge in [-0.1, -0.05) is 0 Å². The third kappa shape index (κ3) is 5.92. The molecule has 0 saturated heterocycles. The molecule has 0 aromatic rings. The van der Waals surface area contributed by atoms with Crippen LogP contribution in [-0.2, 0) is 9.53 Å². The van der Waals surface area contributed by atoms with Gasteiger partial charge in [-0.05, 0) is 19.3 Å². The maximum absolute atomic E-state index is 11.7. The van der Waals surface area contributed by atoms with E-state index in [-0.39, 0.29) is 19.1 Å². The molecule has 94 valence electrons. The molecule has 7 heteroatoms. The maximum Gasteiger partial charge on any atom is 0.411 e. The number of rotatable bonds is 7. The number of alkyl halides is 3. The van der Waals surface area contributed by atoms with Crippen LogP contribution in [0.4, 0.5) is 13.2 Å². The lowest BCUT2D eigenvalue weighted by Crippen LogP contribution is -2.43. The van der Waals surface area contributed by atoms with E-state index in [0.29, 0.717) is 0 Å². The molecule has 0 aromatic carbocycles. The van der Waals surface area contributed by atoms with Crippen molar-refractivity contribution in [2.24, 2.45) is 5.73 Å². The number of nitrogens with two attached hydrogens (primary N) is 1. The summed E-state index contributed by atoms with van der Waals surface area (Å²) < 4.78 is 39.6. The van der Waals surface area contributed by atoms with Gasteiger partial charge in [0.25, 0.3) is 0 Å². The topological polar surface area (TPSA) is 64.4 Å². The Hall–Kier alpha value is -0.820. The monoisotopic (exact) mass is 240 g/mol. The molecule has 0 spiro atoms. The van der Waals surface area contributed by atoms with Crippen LogP contribution in [0.1, 0.15) is 19.3 Å². The lowest BCUT2D eigenvalue weighted by atomic mass is 10.2. The van der Waals surface area contributed by atoms with Gasteiger partial charge in [-0.3, -0.25) is 4.79 Å². The average Bonchev–Trinajstić information content (AvgIpc) is 2.91. The van der Waals surface area contributed by atoms with E-state index in [1.165, 1.54) is 0 Å². The zero-order valence-corrected chi connectivity index (χ0v) is 8.72. The van der Waals surface area contributed by atoms with E-state index in [2.05, 4.69) is 10.1 Å². The number of halogens is 3. The summed E-state index contributed by atoms with van der Waals surface area (Å²) in [5, 5.41) is 2.95. The number of carbonyl (C=O) groups excluding carboxylic acids is 1. The first kappa shape index (κ1) is 13.2. The van der Waals surface area contributed by atoms with Gasteiger partial charge < -0.3 is 15.8 Å². The minimum Gasteiger partial charge on any atom is -0.372 e. The highest BCUT2D eigenvalue weighted by Crippen LogP contribution is 2.20. The largest absolute Gasteiger partial charge is 0.411 e. The van der Waals surface area contributed by atoms with Crippen LogP contribution in [-0.4, -0.2) is 37.4 Å². The van der Waals surface area contributed by atoms with E-state index >= 15 is 0 Å². The normalized spacial score (nSPS) is 18.4. The van der Waals surface area contributed by atoms with Gasteiger partial charge >= 0.3 is 6.18 Å². The average molecular weight is 240 g/mol. The summed E-state index contributed by atoms with van der Waals surface area (Å²) in [4.78, 5) is 10.9. The van der Waals surface area contributed by atoms with Crippen LogP contribution < -0.4 is 11.1 Å². The van der Waals surface area contributed by atoms with Gasteiger partial charge in [-0.25, -0.2) is 0 Å². The molecule has 4 nitrogen and oxygen atoms in total.